The first kappa shape index (κ1) is 20.1. The van der Waals surface area contributed by atoms with Gasteiger partial charge in [0.25, 0.3) is 5.91 Å². The van der Waals surface area contributed by atoms with Crippen LogP contribution in [0.1, 0.15) is 23.1 Å². The van der Waals surface area contributed by atoms with Gasteiger partial charge in [0.2, 0.25) is 0 Å². The molecule has 0 spiro atoms. The number of fused-ring (bicyclic) bond motifs is 1. The number of nitrogens with one attached hydrogen (secondary N) is 1. The highest BCUT2D eigenvalue weighted by Crippen LogP contribution is 2.35. The highest BCUT2D eigenvalue weighted by molar-refractivity contribution is 7.19. The molecule has 1 N–H and O–H groups in total. The molecule has 1 amide bonds. The maximum absolute atomic E-state index is 13.5. The highest BCUT2D eigenvalue weighted by atomic mass is 35.5. The zero-order valence-corrected chi connectivity index (χ0v) is 15.8. The smallest absolute Gasteiger partial charge is 0.433 e. The van der Waals surface area contributed by atoms with Crippen LogP contribution >= 0.6 is 22.9 Å². The molecule has 0 aliphatic carbocycles. The summed E-state index contributed by atoms with van der Waals surface area (Å²) < 4.78 is 46.1. The Kier molecular flexibility index (Phi) is 5.57. The predicted octanol–water partition coefficient (Wildman–Crippen LogP) is 3.42. The van der Waals surface area contributed by atoms with E-state index in [0.717, 1.165) is 23.5 Å². The zero-order valence-electron chi connectivity index (χ0n) is 14.2. The van der Waals surface area contributed by atoms with Gasteiger partial charge in [-0.1, -0.05) is 11.6 Å². The fourth-order valence-electron chi connectivity index (χ4n) is 2.32. The van der Waals surface area contributed by atoms with Crippen LogP contribution in [-0.2, 0) is 15.7 Å². The molecule has 0 aromatic carbocycles. The van der Waals surface area contributed by atoms with Crippen LogP contribution in [0.2, 0.25) is 4.34 Å². The number of rotatable bonds is 5. The summed E-state index contributed by atoms with van der Waals surface area (Å²) in [4.78, 5) is 28.0. The van der Waals surface area contributed by atoms with E-state index in [0.29, 0.717) is 13.7 Å². The van der Waals surface area contributed by atoms with Gasteiger partial charge < -0.3 is 10.1 Å². The van der Waals surface area contributed by atoms with Crippen molar-refractivity contribution >= 4 is 40.5 Å². The normalized spacial score (nSPS) is 11.6. The maximum atomic E-state index is 13.5. The third kappa shape index (κ3) is 4.25. The third-order valence-electron chi connectivity index (χ3n) is 3.47. The number of amides is 1. The molecule has 3 heterocycles. The summed E-state index contributed by atoms with van der Waals surface area (Å²) in [7, 11) is 0. The number of thiophene rings is 1. The van der Waals surface area contributed by atoms with Gasteiger partial charge >= 0.3 is 12.1 Å². The van der Waals surface area contributed by atoms with E-state index in [9.17, 15) is 22.8 Å². The number of hydrogen-bond acceptors (Lipinski definition) is 6. The lowest BCUT2D eigenvalue weighted by Crippen LogP contribution is -2.31. The van der Waals surface area contributed by atoms with Crippen LogP contribution in [0.3, 0.4) is 0 Å². The summed E-state index contributed by atoms with van der Waals surface area (Å²) in [6.45, 7) is 1.31. The molecular weight excluding hydrogens is 421 g/mol. The molecule has 0 unspecified atom stereocenters. The van der Waals surface area contributed by atoms with Crippen LogP contribution in [0.4, 0.5) is 13.2 Å². The Morgan fingerprint density at radius 1 is 1.32 bits per heavy atom. The van der Waals surface area contributed by atoms with E-state index in [1.54, 1.807) is 19.1 Å². The highest BCUT2D eigenvalue weighted by Gasteiger charge is 2.35. The van der Waals surface area contributed by atoms with Crippen LogP contribution in [0.25, 0.3) is 16.2 Å². The van der Waals surface area contributed by atoms with Crippen molar-refractivity contribution in [1.82, 2.24) is 19.9 Å². The first-order chi connectivity index (χ1) is 13.2. The second-order valence-electron chi connectivity index (χ2n) is 5.42. The SMILES string of the molecule is CCOC(=O)CNC(=O)c1cc2nc(-c3ccc(Cl)s3)cc(C(F)(F)F)n2n1. The van der Waals surface area contributed by atoms with Gasteiger partial charge in [-0.15, -0.1) is 11.3 Å². The average Bonchev–Trinajstić information content (AvgIpc) is 3.24. The monoisotopic (exact) mass is 432 g/mol. The van der Waals surface area contributed by atoms with Crippen LogP contribution in [0, 0.1) is 0 Å². The third-order valence-corrected chi connectivity index (χ3v) is 4.73. The summed E-state index contributed by atoms with van der Waals surface area (Å²) in [6.07, 6.45) is -4.73. The molecular formula is C16H12ClF3N4O3S. The van der Waals surface area contributed by atoms with Crippen LogP contribution in [0.5, 0.6) is 0 Å². The van der Waals surface area contributed by atoms with Gasteiger partial charge in [0.05, 0.1) is 21.5 Å². The quantitative estimate of drug-likeness (QED) is 0.624. The lowest BCUT2D eigenvalue weighted by atomic mass is 10.2. The Morgan fingerprint density at radius 2 is 2.07 bits per heavy atom. The molecule has 0 fully saturated rings. The topological polar surface area (TPSA) is 85.6 Å². The minimum absolute atomic E-state index is 0.0510. The molecule has 0 bridgehead atoms. The van der Waals surface area contributed by atoms with E-state index in [1.807, 2.05) is 0 Å². The largest absolute Gasteiger partial charge is 0.465 e. The Hall–Kier alpha value is -2.66. The van der Waals surface area contributed by atoms with Crippen molar-refractivity contribution in [2.45, 2.75) is 13.1 Å². The van der Waals surface area contributed by atoms with E-state index < -0.39 is 30.3 Å². The molecule has 148 valence electrons. The van der Waals surface area contributed by atoms with Gasteiger partial charge in [0.1, 0.15) is 6.54 Å². The van der Waals surface area contributed by atoms with Crippen molar-refractivity contribution in [2.75, 3.05) is 13.2 Å². The molecule has 12 heteroatoms. The standard InChI is InChI=1S/C16H12ClF3N4O3S/c1-2-27-14(25)7-21-15(26)9-6-13-22-8(10-3-4-12(17)28-10)5-11(16(18,19)20)24(13)23-9/h3-6H,2,7H2,1H3,(H,21,26). The molecule has 3 aromatic heterocycles. The van der Waals surface area contributed by atoms with E-state index in [-0.39, 0.29) is 23.6 Å². The number of nitrogens with zero attached hydrogens (tertiary/aromatic N) is 3. The van der Waals surface area contributed by atoms with Gasteiger partial charge in [0.15, 0.2) is 17.0 Å². The zero-order chi connectivity index (χ0) is 20.5. The summed E-state index contributed by atoms with van der Waals surface area (Å²) in [5, 5.41) is 5.93. The molecule has 0 saturated heterocycles. The van der Waals surface area contributed by atoms with E-state index >= 15 is 0 Å². The Balaban J connectivity index is 1.99. The number of ether oxygens (including phenoxy) is 1. The fourth-order valence-corrected chi connectivity index (χ4v) is 3.32. The van der Waals surface area contributed by atoms with Gasteiger partial charge in [-0.3, -0.25) is 9.59 Å². The van der Waals surface area contributed by atoms with Crippen molar-refractivity contribution in [2.24, 2.45) is 0 Å². The minimum atomic E-state index is -4.73. The summed E-state index contributed by atoms with van der Waals surface area (Å²) in [5.74, 6) is -1.50. The number of aromatic nitrogens is 3. The number of alkyl halides is 3. The Morgan fingerprint density at radius 3 is 2.68 bits per heavy atom. The Bertz CT molecular complexity index is 1050. The molecule has 0 aliphatic rings. The number of carbonyl (C=O) groups excluding carboxylic acids is 2. The van der Waals surface area contributed by atoms with Crippen LogP contribution in [0.15, 0.2) is 24.3 Å². The second-order valence-corrected chi connectivity index (χ2v) is 7.13. The van der Waals surface area contributed by atoms with Crippen LogP contribution in [-0.4, -0.2) is 39.6 Å². The molecule has 3 aromatic rings. The minimum Gasteiger partial charge on any atom is -0.465 e. The molecule has 0 aliphatic heterocycles. The molecule has 0 saturated carbocycles. The molecule has 7 nitrogen and oxygen atoms in total. The molecule has 28 heavy (non-hydrogen) atoms. The van der Waals surface area contributed by atoms with Gasteiger partial charge in [-0.05, 0) is 25.1 Å². The Labute approximate surface area is 165 Å². The lowest BCUT2D eigenvalue weighted by molar-refractivity contribution is -0.143. The first-order valence-corrected chi connectivity index (χ1v) is 9.06. The number of carbonyl (C=O) groups is 2. The second kappa shape index (κ2) is 7.76. The number of halogens is 4. The molecule has 0 atom stereocenters. The predicted molar refractivity (Wildman–Crippen MR) is 95.3 cm³/mol. The average molecular weight is 433 g/mol. The van der Waals surface area contributed by atoms with Crippen LogP contribution < -0.4 is 5.32 Å². The van der Waals surface area contributed by atoms with E-state index in [1.165, 1.54) is 0 Å². The van der Waals surface area contributed by atoms with Crippen molar-refractivity contribution in [3.05, 3.63) is 40.0 Å². The number of esters is 1. The first-order valence-electron chi connectivity index (χ1n) is 7.86. The van der Waals surface area contributed by atoms with Gasteiger partial charge in [0, 0.05) is 6.07 Å². The molecule has 0 radical (unpaired) electrons. The van der Waals surface area contributed by atoms with E-state index in [2.05, 4.69) is 20.1 Å². The number of hydrogen-bond donors (Lipinski definition) is 1. The van der Waals surface area contributed by atoms with Gasteiger partial charge in [-0.2, -0.15) is 18.3 Å². The maximum Gasteiger partial charge on any atom is 0.433 e. The van der Waals surface area contributed by atoms with Gasteiger partial charge in [-0.25, -0.2) is 9.50 Å². The summed E-state index contributed by atoms with van der Waals surface area (Å²) >= 11 is 6.92. The van der Waals surface area contributed by atoms with Crippen molar-refractivity contribution in [1.29, 1.82) is 0 Å². The summed E-state index contributed by atoms with van der Waals surface area (Å²) in [5.41, 5.74) is -1.53. The fraction of sp³-hybridized carbons (Fsp3) is 0.250. The summed E-state index contributed by atoms with van der Waals surface area (Å²) in [6, 6.07) is 5.04. The van der Waals surface area contributed by atoms with Crippen molar-refractivity contribution in [3.63, 3.8) is 0 Å². The van der Waals surface area contributed by atoms with E-state index in [4.69, 9.17) is 11.6 Å². The molecule has 3 rings (SSSR count). The van der Waals surface area contributed by atoms with Crippen molar-refractivity contribution < 1.29 is 27.5 Å². The lowest BCUT2D eigenvalue weighted by Gasteiger charge is -2.10. The van der Waals surface area contributed by atoms with Crippen molar-refractivity contribution in [3.8, 4) is 10.6 Å².